The van der Waals surface area contributed by atoms with Crippen molar-refractivity contribution >= 4 is 34.8 Å². The molecule has 3 aromatic rings. The lowest BCUT2D eigenvalue weighted by molar-refractivity contribution is -0.141. The van der Waals surface area contributed by atoms with Crippen LogP contribution < -0.4 is 5.32 Å². The first-order valence-corrected chi connectivity index (χ1v) is 12.1. The number of amides is 2. The Balaban J connectivity index is 1.28. The lowest BCUT2D eigenvalue weighted by atomic mass is 10.2. The molecule has 1 atom stereocenters. The number of esters is 1. The Morgan fingerprint density at radius 1 is 0.971 bits per heavy atom. The predicted molar refractivity (Wildman–Crippen MR) is 132 cm³/mol. The Morgan fingerprint density at radius 3 is 2.44 bits per heavy atom. The molecule has 34 heavy (non-hydrogen) atoms. The minimum absolute atomic E-state index is 0.199. The molecule has 8 heteroatoms. The van der Waals surface area contributed by atoms with Crippen LogP contribution in [0.5, 0.6) is 0 Å². The van der Waals surface area contributed by atoms with Crippen LogP contribution in [0.3, 0.4) is 0 Å². The van der Waals surface area contributed by atoms with E-state index < -0.39 is 12.1 Å². The van der Waals surface area contributed by atoms with Crippen LogP contribution in [-0.2, 0) is 16.1 Å². The number of rotatable bonds is 7. The van der Waals surface area contributed by atoms with Crippen molar-refractivity contribution in [2.45, 2.75) is 19.6 Å². The number of hydrogen-bond acceptors (Lipinski definition) is 6. The van der Waals surface area contributed by atoms with Crippen LogP contribution >= 0.6 is 11.3 Å². The number of piperazine rings is 1. The molecule has 2 aromatic carbocycles. The van der Waals surface area contributed by atoms with Crippen molar-refractivity contribution in [1.82, 2.24) is 9.80 Å². The highest BCUT2D eigenvalue weighted by molar-refractivity contribution is 7.12. The summed E-state index contributed by atoms with van der Waals surface area (Å²) in [4.78, 5) is 42.4. The van der Waals surface area contributed by atoms with E-state index in [-0.39, 0.29) is 17.4 Å². The SMILES string of the molecule is CC(OC(=O)c1cccc(NC(=O)c2cccs2)c1)C(=O)N1CCN(Cc2ccccc2)CC1. The van der Waals surface area contributed by atoms with Crippen molar-refractivity contribution in [2.75, 3.05) is 31.5 Å². The second kappa shape index (κ2) is 11.1. The van der Waals surface area contributed by atoms with Gasteiger partial charge in [-0.2, -0.15) is 0 Å². The maximum Gasteiger partial charge on any atom is 0.338 e. The van der Waals surface area contributed by atoms with Gasteiger partial charge in [0.2, 0.25) is 0 Å². The highest BCUT2D eigenvalue weighted by Gasteiger charge is 2.27. The second-order valence-corrected chi connectivity index (χ2v) is 9.09. The molecule has 0 spiro atoms. The van der Waals surface area contributed by atoms with E-state index in [1.165, 1.54) is 16.9 Å². The summed E-state index contributed by atoms with van der Waals surface area (Å²) in [5, 5.41) is 4.60. The maximum atomic E-state index is 12.8. The molecule has 1 aliphatic rings. The quantitative estimate of drug-likeness (QED) is 0.523. The first-order chi connectivity index (χ1) is 16.5. The standard InChI is InChI=1S/C26H27N3O4S/c1-19(25(31)29-14-12-28(13-15-29)18-20-7-3-2-4-8-20)33-26(32)21-9-5-10-22(17-21)27-24(30)23-11-6-16-34-23/h2-11,16-17,19H,12-15,18H2,1H3,(H,27,30). The van der Waals surface area contributed by atoms with Gasteiger partial charge >= 0.3 is 5.97 Å². The average Bonchev–Trinajstić information content (AvgIpc) is 3.40. The van der Waals surface area contributed by atoms with E-state index in [0.717, 1.165) is 19.6 Å². The van der Waals surface area contributed by atoms with Gasteiger partial charge < -0.3 is 15.0 Å². The summed E-state index contributed by atoms with van der Waals surface area (Å²) in [7, 11) is 0. The molecule has 0 saturated carbocycles. The topological polar surface area (TPSA) is 78.9 Å². The normalized spacial score (nSPS) is 14.9. The van der Waals surface area contributed by atoms with Gasteiger partial charge in [0.15, 0.2) is 6.10 Å². The highest BCUT2D eigenvalue weighted by Crippen LogP contribution is 2.17. The number of nitrogens with zero attached hydrogens (tertiary/aromatic N) is 2. The summed E-state index contributed by atoms with van der Waals surface area (Å²) in [6, 6.07) is 20.3. The van der Waals surface area contributed by atoms with Gasteiger partial charge in [0.05, 0.1) is 10.4 Å². The summed E-state index contributed by atoms with van der Waals surface area (Å²) < 4.78 is 5.45. The fourth-order valence-electron chi connectivity index (χ4n) is 3.83. The third-order valence-electron chi connectivity index (χ3n) is 5.67. The van der Waals surface area contributed by atoms with Gasteiger partial charge in [-0.25, -0.2) is 4.79 Å². The van der Waals surface area contributed by atoms with E-state index in [4.69, 9.17) is 4.74 Å². The van der Waals surface area contributed by atoms with E-state index in [9.17, 15) is 14.4 Å². The number of hydrogen-bond donors (Lipinski definition) is 1. The van der Waals surface area contributed by atoms with E-state index >= 15 is 0 Å². The van der Waals surface area contributed by atoms with Gasteiger partial charge in [-0.3, -0.25) is 14.5 Å². The zero-order valence-electron chi connectivity index (χ0n) is 19.0. The molecule has 1 aliphatic heterocycles. The minimum Gasteiger partial charge on any atom is -0.449 e. The van der Waals surface area contributed by atoms with E-state index in [1.807, 2.05) is 23.6 Å². The molecular formula is C26H27N3O4S. The molecular weight excluding hydrogens is 450 g/mol. The largest absolute Gasteiger partial charge is 0.449 e. The Kier molecular flexibility index (Phi) is 7.72. The number of thiophene rings is 1. The summed E-state index contributed by atoms with van der Waals surface area (Å²) >= 11 is 1.34. The summed E-state index contributed by atoms with van der Waals surface area (Å²) in [6.07, 6.45) is -0.891. The third-order valence-corrected chi connectivity index (χ3v) is 6.53. The van der Waals surface area contributed by atoms with Crippen molar-refractivity contribution in [1.29, 1.82) is 0 Å². The van der Waals surface area contributed by atoms with Crippen molar-refractivity contribution in [2.24, 2.45) is 0 Å². The smallest absolute Gasteiger partial charge is 0.338 e. The number of anilines is 1. The first kappa shape index (κ1) is 23.7. The Hall–Kier alpha value is -3.49. The second-order valence-electron chi connectivity index (χ2n) is 8.15. The van der Waals surface area contributed by atoms with Gasteiger partial charge in [-0.15, -0.1) is 11.3 Å². The monoisotopic (exact) mass is 477 g/mol. The van der Waals surface area contributed by atoms with E-state index in [1.54, 1.807) is 48.2 Å². The molecule has 0 radical (unpaired) electrons. The maximum absolute atomic E-state index is 12.8. The van der Waals surface area contributed by atoms with Gasteiger partial charge in [0, 0.05) is 38.4 Å². The fraction of sp³-hybridized carbons (Fsp3) is 0.269. The van der Waals surface area contributed by atoms with Gasteiger partial charge in [0.1, 0.15) is 0 Å². The lowest BCUT2D eigenvalue weighted by Gasteiger charge is -2.35. The molecule has 1 unspecified atom stereocenters. The molecule has 1 fully saturated rings. The van der Waals surface area contributed by atoms with Crippen LogP contribution in [0.1, 0.15) is 32.5 Å². The van der Waals surface area contributed by atoms with Crippen molar-refractivity contribution in [3.8, 4) is 0 Å². The Bertz CT molecular complexity index is 1130. The number of benzene rings is 2. The fourth-order valence-corrected chi connectivity index (χ4v) is 4.45. The third kappa shape index (κ3) is 6.09. The molecule has 1 saturated heterocycles. The zero-order valence-corrected chi connectivity index (χ0v) is 19.8. The lowest BCUT2D eigenvalue weighted by Crippen LogP contribution is -2.51. The number of carbonyl (C=O) groups excluding carboxylic acids is 3. The van der Waals surface area contributed by atoms with Crippen molar-refractivity contribution < 1.29 is 19.1 Å². The van der Waals surface area contributed by atoms with Crippen LogP contribution in [0.25, 0.3) is 0 Å². The van der Waals surface area contributed by atoms with Gasteiger partial charge in [0.25, 0.3) is 11.8 Å². The van der Waals surface area contributed by atoms with Gasteiger partial charge in [-0.05, 0) is 42.1 Å². The summed E-state index contributed by atoms with van der Waals surface area (Å²) in [5.74, 6) is -1.04. The number of ether oxygens (including phenoxy) is 1. The number of nitrogens with one attached hydrogen (secondary N) is 1. The minimum atomic E-state index is -0.891. The number of carbonyl (C=O) groups is 3. The molecule has 2 amide bonds. The molecule has 0 aliphatic carbocycles. The van der Waals surface area contributed by atoms with Gasteiger partial charge in [-0.1, -0.05) is 42.5 Å². The molecule has 7 nitrogen and oxygen atoms in total. The average molecular weight is 478 g/mol. The van der Waals surface area contributed by atoms with E-state index in [2.05, 4.69) is 22.3 Å². The van der Waals surface area contributed by atoms with Crippen LogP contribution in [0.4, 0.5) is 5.69 Å². The molecule has 0 bridgehead atoms. The molecule has 1 aromatic heterocycles. The van der Waals surface area contributed by atoms with Crippen LogP contribution in [0.15, 0.2) is 72.1 Å². The molecule has 4 rings (SSSR count). The highest BCUT2D eigenvalue weighted by atomic mass is 32.1. The molecule has 176 valence electrons. The zero-order chi connectivity index (χ0) is 23.9. The predicted octanol–water partition coefficient (Wildman–Crippen LogP) is 3.89. The summed E-state index contributed by atoms with van der Waals surface area (Å²) in [6.45, 7) is 5.18. The molecule has 1 N–H and O–H groups in total. The Morgan fingerprint density at radius 2 is 1.74 bits per heavy atom. The van der Waals surface area contributed by atoms with Crippen molar-refractivity contribution in [3.05, 3.63) is 88.1 Å². The van der Waals surface area contributed by atoms with Crippen molar-refractivity contribution in [3.63, 3.8) is 0 Å². The first-order valence-electron chi connectivity index (χ1n) is 11.2. The molecule has 2 heterocycles. The summed E-state index contributed by atoms with van der Waals surface area (Å²) in [5.41, 5.74) is 2.01. The van der Waals surface area contributed by atoms with E-state index in [0.29, 0.717) is 23.7 Å². The Labute approximate surface area is 202 Å². The van der Waals surface area contributed by atoms with Crippen LogP contribution in [0, 0.1) is 0 Å². The van der Waals surface area contributed by atoms with Crippen LogP contribution in [-0.4, -0.2) is 59.9 Å². The van der Waals surface area contributed by atoms with Crippen LogP contribution in [0.2, 0.25) is 0 Å².